The molecule has 0 aliphatic carbocycles. The van der Waals surface area contributed by atoms with Crippen LogP contribution in [0.1, 0.15) is 0 Å². The second-order valence-electron chi connectivity index (χ2n) is 2.46. The normalized spacial score (nSPS) is 13.3. The molecule has 0 unspecified atom stereocenters. The van der Waals surface area contributed by atoms with Gasteiger partial charge in [0.25, 0.3) is 0 Å². The van der Waals surface area contributed by atoms with Crippen molar-refractivity contribution in [3.8, 4) is 17.2 Å². The number of benzene rings is 1. The number of nitrogen functional groups attached to an aromatic ring is 2. The van der Waals surface area contributed by atoms with Crippen LogP contribution in [-0.2, 0) is 0 Å². The second-order valence-corrected chi connectivity index (χ2v) is 2.46. The Morgan fingerprint density at radius 3 is 2.83 bits per heavy atom. The van der Waals surface area contributed by atoms with Crippen molar-refractivity contribution in [1.82, 2.24) is 0 Å². The minimum absolute atomic E-state index is 0.0891. The van der Waals surface area contributed by atoms with Crippen molar-refractivity contribution in [2.24, 2.45) is 0 Å². The van der Waals surface area contributed by atoms with E-state index >= 15 is 0 Å². The van der Waals surface area contributed by atoms with Gasteiger partial charge < -0.3 is 26.0 Å². The minimum atomic E-state index is -0.150. The zero-order valence-electron chi connectivity index (χ0n) is 6.20. The number of nitrogens with two attached hydrogens (primary N) is 2. The topological polar surface area (TPSA) is 90.7 Å². The maximum absolute atomic E-state index is 9.39. The molecule has 0 spiro atoms. The van der Waals surface area contributed by atoms with E-state index in [4.69, 9.17) is 20.9 Å². The van der Waals surface area contributed by atoms with Gasteiger partial charge in [0.05, 0.1) is 5.69 Å². The molecule has 0 radical (unpaired) electrons. The van der Waals surface area contributed by atoms with Gasteiger partial charge in [-0.25, -0.2) is 0 Å². The van der Waals surface area contributed by atoms with E-state index in [9.17, 15) is 5.11 Å². The Morgan fingerprint density at radius 1 is 1.33 bits per heavy atom. The van der Waals surface area contributed by atoms with Crippen LogP contribution in [0.15, 0.2) is 6.07 Å². The summed E-state index contributed by atoms with van der Waals surface area (Å²) in [6.45, 7) is 0.0891. The lowest BCUT2D eigenvalue weighted by molar-refractivity contribution is 0.171. The van der Waals surface area contributed by atoms with Gasteiger partial charge in [-0.05, 0) is 0 Å². The van der Waals surface area contributed by atoms with Crippen molar-refractivity contribution in [1.29, 1.82) is 0 Å². The van der Waals surface area contributed by atoms with Crippen LogP contribution in [0, 0.1) is 0 Å². The summed E-state index contributed by atoms with van der Waals surface area (Å²) in [5, 5.41) is 9.39. The number of ether oxygens (including phenoxy) is 2. The number of anilines is 2. The standard InChI is InChI=1S/C7H8N2O3/c8-3-1-4-7(12-2-11-4)6(10)5(3)9/h1,10H,2,8-9H2. The fourth-order valence-corrected chi connectivity index (χ4v) is 1.06. The molecule has 1 aromatic rings. The van der Waals surface area contributed by atoms with Crippen molar-refractivity contribution in [3.05, 3.63) is 6.07 Å². The highest BCUT2D eigenvalue weighted by atomic mass is 16.7. The summed E-state index contributed by atoms with van der Waals surface area (Å²) in [6.07, 6.45) is 0. The first-order valence-corrected chi connectivity index (χ1v) is 3.36. The highest BCUT2D eigenvalue weighted by molar-refractivity contribution is 5.78. The molecule has 1 aromatic carbocycles. The fraction of sp³-hybridized carbons (Fsp3) is 0.143. The Morgan fingerprint density at radius 2 is 2.08 bits per heavy atom. The van der Waals surface area contributed by atoms with Crippen LogP contribution in [0.2, 0.25) is 0 Å². The maximum atomic E-state index is 9.39. The van der Waals surface area contributed by atoms with Gasteiger partial charge in [-0.15, -0.1) is 0 Å². The fourth-order valence-electron chi connectivity index (χ4n) is 1.06. The second kappa shape index (κ2) is 2.10. The molecule has 0 saturated heterocycles. The van der Waals surface area contributed by atoms with E-state index in [1.54, 1.807) is 0 Å². The molecule has 5 nitrogen and oxygen atoms in total. The van der Waals surface area contributed by atoms with Crippen LogP contribution in [0.5, 0.6) is 17.2 Å². The molecule has 0 bridgehead atoms. The van der Waals surface area contributed by atoms with Crippen LogP contribution in [-0.4, -0.2) is 11.9 Å². The summed E-state index contributed by atoms with van der Waals surface area (Å²) >= 11 is 0. The third kappa shape index (κ3) is 0.730. The molecule has 1 aliphatic rings. The van der Waals surface area contributed by atoms with Crippen molar-refractivity contribution in [2.45, 2.75) is 0 Å². The first kappa shape index (κ1) is 6.90. The molecule has 0 saturated carbocycles. The highest BCUT2D eigenvalue weighted by Gasteiger charge is 2.21. The molecule has 0 atom stereocenters. The summed E-state index contributed by atoms with van der Waals surface area (Å²) < 4.78 is 9.95. The number of rotatable bonds is 0. The third-order valence-corrected chi connectivity index (χ3v) is 1.71. The summed E-state index contributed by atoms with van der Waals surface area (Å²) in [6, 6.07) is 1.53. The molecule has 12 heavy (non-hydrogen) atoms. The number of hydrogen-bond donors (Lipinski definition) is 3. The maximum Gasteiger partial charge on any atom is 0.231 e. The Labute approximate surface area is 68.5 Å². The van der Waals surface area contributed by atoms with Gasteiger partial charge in [0.2, 0.25) is 12.5 Å². The number of aromatic hydroxyl groups is 1. The van der Waals surface area contributed by atoms with Gasteiger partial charge in [-0.2, -0.15) is 0 Å². The number of phenolic OH excluding ortho intramolecular Hbond substituents is 1. The lowest BCUT2D eigenvalue weighted by Crippen LogP contribution is -1.95. The summed E-state index contributed by atoms with van der Waals surface area (Å²) in [5.41, 5.74) is 11.3. The molecule has 1 aliphatic heterocycles. The quantitative estimate of drug-likeness (QED) is 0.382. The van der Waals surface area contributed by atoms with Crippen molar-refractivity contribution in [2.75, 3.05) is 18.3 Å². The zero-order valence-corrected chi connectivity index (χ0v) is 6.20. The summed E-state index contributed by atoms with van der Waals surface area (Å²) in [4.78, 5) is 0. The average Bonchev–Trinajstić information content (AvgIpc) is 2.48. The van der Waals surface area contributed by atoms with Gasteiger partial charge in [-0.3, -0.25) is 0 Å². The van der Waals surface area contributed by atoms with E-state index in [0.717, 1.165) is 0 Å². The molecule has 5 heteroatoms. The number of fused-ring (bicyclic) bond motifs is 1. The van der Waals surface area contributed by atoms with Crippen LogP contribution in [0.4, 0.5) is 11.4 Å². The van der Waals surface area contributed by atoms with Crippen LogP contribution < -0.4 is 20.9 Å². The highest BCUT2D eigenvalue weighted by Crippen LogP contribution is 2.46. The van der Waals surface area contributed by atoms with Gasteiger partial charge in [-0.1, -0.05) is 0 Å². The third-order valence-electron chi connectivity index (χ3n) is 1.71. The molecular weight excluding hydrogens is 160 g/mol. The average molecular weight is 168 g/mol. The van der Waals surface area contributed by atoms with Crippen molar-refractivity contribution >= 4 is 11.4 Å². The van der Waals surface area contributed by atoms with Crippen molar-refractivity contribution in [3.63, 3.8) is 0 Å². The van der Waals surface area contributed by atoms with E-state index in [-0.39, 0.29) is 29.7 Å². The Balaban J connectivity index is 2.67. The summed E-state index contributed by atoms with van der Waals surface area (Å²) in [7, 11) is 0. The van der Waals surface area contributed by atoms with E-state index < -0.39 is 0 Å². The van der Waals surface area contributed by atoms with Crippen LogP contribution in [0.25, 0.3) is 0 Å². The van der Waals surface area contributed by atoms with Gasteiger partial charge in [0, 0.05) is 6.07 Å². The Hall–Kier alpha value is -1.78. The molecule has 2 rings (SSSR count). The largest absolute Gasteiger partial charge is 0.503 e. The Bertz CT molecular complexity index is 338. The molecule has 1 heterocycles. The lowest BCUT2D eigenvalue weighted by atomic mass is 10.2. The van der Waals surface area contributed by atoms with Gasteiger partial charge >= 0.3 is 0 Å². The summed E-state index contributed by atoms with van der Waals surface area (Å²) in [5.74, 6) is 0.545. The molecule has 0 aromatic heterocycles. The minimum Gasteiger partial charge on any atom is -0.503 e. The molecule has 64 valence electrons. The molecular formula is C7H8N2O3. The van der Waals surface area contributed by atoms with Crippen LogP contribution in [0.3, 0.4) is 0 Å². The van der Waals surface area contributed by atoms with Gasteiger partial charge in [0.15, 0.2) is 11.5 Å². The molecule has 5 N–H and O–H groups in total. The lowest BCUT2D eigenvalue weighted by Gasteiger charge is -2.05. The van der Waals surface area contributed by atoms with Crippen LogP contribution >= 0.6 is 0 Å². The Kier molecular flexibility index (Phi) is 1.21. The molecule has 0 fully saturated rings. The SMILES string of the molecule is Nc1cc2c(c(O)c1N)OCO2. The first-order valence-electron chi connectivity index (χ1n) is 3.36. The van der Waals surface area contributed by atoms with Crippen molar-refractivity contribution < 1.29 is 14.6 Å². The molecule has 0 amide bonds. The number of hydrogen-bond acceptors (Lipinski definition) is 5. The monoisotopic (exact) mass is 168 g/mol. The zero-order chi connectivity index (χ0) is 8.72. The van der Waals surface area contributed by atoms with E-state index in [1.807, 2.05) is 0 Å². The smallest absolute Gasteiger partial charge is 0.231 e. The predicted octanol–water partition coefficient (Wildman–Crippen LogP) is 0.285. The first-order chi connectivity index (χ1) is 5.70. The van der Waals surface area contributed by atoms with Gasteiger partial charge in [0.1, 0.15) is 5.69 Å². The van der Waals surface area contributed by atoms with E-state index in [0.29, 0.717) is 5.75 Å². The van der Waals surface area contributed by atoms with E-state index in [2.05, 4.69) is 0 Å². The predicted molar refractivity (Wildman–Crippen MR) is 43.1 cm³/mol. The van der Waals surface area contributed by atoms with E-state index in [1.165, 1.54) is 6.07 Å². The number of phenols is 1.